The summed E-state index contributed by atoms with van der Waals surface area (Å²) in [6, 6.07) is 0. The number of aromatic nitrogens is 1. The number of carbonyl (C=O) groups is 1. The first-order valence-electron chi connectivity index (χ1n) is 3.11. The van der Waals surface area contributed by atoms with E-state index in [4.69, 9.17) is 4.74 Å². The standard InChI is InChI=1S/C7H5Br2NO2/c8-5-3-10-4-6(9)7(5)12-2-1-11/h1,3-4H,2H2. The molecule has 0 fully saturated rings. The lowest BCUT2D eigenvalue weighted by atomic mass is 10.4. The molecule has 0 aromatic carbocycles. The Labute approximate surface area is 86.4 Å². The van der Waals surface area contributed by atoms with Crippen LogP contribution in [0.3, 0.4) is 0 Å². The van der Waals surface area contributed by atoms with E-state index in [2.05, 4.69) is 36.8 Å². The molecule has 0 unspecified atom stereocenters. The lowest BCUT2D eigenvalue weighted by molar-refractivity contribution is -0.109. The topological polar surface area (TPSA) is 39.2 Å². The lowest BCUT2D eigenvalue weighted by Crippen LogP contribution is -1.99. The second-order valence-corrected chi connectivity index (χ2v) is 3.62. The van der Waals surface area contributed by atoms with Crippen LogP contribution in [0.25, 0.3) is 0 Å². The van der Waals surface area contributed by atoms with Crippen molar-refractivity contribution in [3.05, 3.63) is 21.3 Å². The summed E-state index contributed by atoms with van der Waals surface area (Å²) in [7, 11) is 0. The van der Waals surface area contributed by atoms with E-state index in [1.807, 2.05) is 0 Å². The summed E-state index contributed by atoms with van der Waals surface area (Å²) in [5.41, 5.74) is 0. The van der Waals surface area contributed by atoms with Crippen LogP contribution in [0, 0.1) is 0 Å². The van der Waals surface area contributed by atoms with Gasteiger partial charge in [0.25, 0.3) is 0 Å². The monoisotopic (exact) mass is 293 g/mol. The van der Waals surface area contributed by atoms with Gasteiger partial charge in [-0.3, -0.25) is 9.78 Å². The SMILES string of the molecule is O=CCOc1c(Br)cncc1Br. The Morgan fingerprint density at radius 3 is 2.50 bits per heavy atom. The summed E-state index contributed by atoms with van der Waals surface area (Å²) < 4.78 is 6.56. The van der Waals surface area contributed by atoms with Crippen LogP contribution in [0.1, 0.15) is 0 Å². The molecule has 0 bridgehead atoms. The third kappa shape index (κ3) is 2.28. The van der Waals surface area contributed by atoms with E-state index < -0.39 is 0 Å². The summed E-state index contributed by atoms with van der Waals surface area (Å²) in [5, 5.41) is 0. The molecule has 0 saturated heterocycles. The zero-order valence-electron chi connectivity index (χ0n) is 5.96. The molecule has 64 valence electrons. The van der Waals surface area contributed by atoms with E-state index >= 15 is 0 Å². The molecule has 0 aliphatic heterocycles. The predicted molar refractivity (Wildman–Crippen MR) is 51.2 cm³/mol. The smallest absolute Gasteiger partial charge is 0.157 e. The summed E-state index contributed by atoms with van der Waals surface area (Å²) in [4.78, 5) is 13.9. The number of hydrogen-bond donors (Lipinski definition) is 0. The molecule has 0 radical (unpaired) electrons. The number of nitrogens with zero attached hydrogens (tertiary/aromatic N) is 1. The molecule has 5 heteroatoms. The summed E-state index contributed by atoms with van der Waals surface area (Å²) in [6.07, 6.45) is 3.90. The van der Waals surface area contributed by atoms with Crippen LogP contribution >= 0.6 is 31.9 Å². The highest BCUT2D eigenvalue weighted by atomic mass is 79.9. The van der Waals surface area contributed by atoms with Crippen molar-refractivity contribution >= 4 is 38.1 Å². The Balaban J connectivity index is 2.88. The van der Waals surface area contributed by atoms with Gasteiger partial charge in [0.1, 0.15) is 6.61 Å². The van der Waals surface area contributed by atoms with Crippen LogP contribution in [0.4, 0.5) is 0 Å². The fraction of sp³-hybridized carbons (Fsp3) is 0.143. The Kier molecular flexibility index (Phi) is 3.68. The van der Waals surface area contributed by atoms with E-state index in [9.17, 15) is 4.79 Å². The highest BCUT2D eigenvalue weighted by Gasteiger charge is 2.05. The second kappa shape index (κ2) is 4.57. The van der Waals surface area contributed by atoms with Crippen molar-refractivity contribution in [3.63, 3.8) is 0 Å². The molecule has 12 heavy (non-hydrogen) atoms. The van der Waals surface area contributed by atoms with Gasteiger partial charge < -0.3 is 4.74 Å². The van der Waals surface area contributed by atoms with Crippen LogP contribution in [-0.4, -0.2) is 17.9 Å². The van der Waals surface area contributed by atoms with E-state index in [1.54, 1.807) is 12.4 Å². The van der Waals surface area contributed by atoms with Crippen molar-refractivity contribution in [2.75, 3.05) is 6.61 Å². The molecule has 0 atom stereocenters. The average Bonchev–Trinajstić information content (AvgIpc) is 2.04. The first-order chi connectivity index (χ1) is 5.75. The summed E-state index contributed by atoms with van der Waals surface area (Å²) >= 11 is 6.49. The summed E-state index contributed by atoms with van der Waals surface area (Å²) in [5.74, 6) is 0.595. The van der Waals surface area contributed by atoms with Gasteiger partial charge in [0, 0.05) is 12.4 Å². The van der Waals surface area contributed by atoms with Gasteiger partial charge in [0.15, 0.2) is 12.0 Å². The Bertz CT molecular complexity index is 270. The molecule has 0 N–H and O–H groups in total. The molecule has 1 aromatic rings. The molecule has 1 heterocycles. The number of ether oxygens (including phenoxy) is 1. The Morgan fingerprint density at radius 1 is 1.42 bits per heavy atom. The minimum absolute atomic E-state index is 0.0429. The van der Waals surface area contributed by atoms with Gasteiger partial charge in [-0.1, -0.05) is 0 Å². The van der Waals surface area contributed by atoms with Crippen molar-refractivity contribution in [3.8, 4) is 5.75 Å². The predicted octanol–water partition coefficient (Wildman–Crippen LogP) is 2.18. The first-order valence-corrected chi connectivity index (χ1v) is 4.69. The summed E-state index contributed by atoms with van der Waals surface area (Å²) in [6.45, 7) is 0.0429. The number of rotatable bonds is 3. The van der Waals surface area contributed by atoms with Crippen molar-refractivity contribution in [1.29, 1.82) is 0 Å². The normalized spacial score (nSPS) is 9.50. The van der Waals surface area contributed by atoms with Gasteiger partial charge in [-0.25, -0.2) is 0 Å². The van der Waals surface area contributed by atoms with E-state index in [1.165, 1.54) is 0 Å². The zero-order valence-corrected chi connectivity index (χ0v) is 9.13. The highest BCUT2D eigenvalue weighted by Crippen LogP contribution is 2.31. The van der Waals surface area contributed by atoms with Gasteiger partial charge in [0.2, 0.25) is 0 Å². The molecule has 1 aromatic heterocycles. The maximum Gasteiger partial charge on any atom is 0.157 e. The number of hydrogen-bond acceptors (Lipinski definition) is 3. The third-order valence-electron chi connectivity index (χ3n) is 1.11. The van der Waals surface area contributed by atoms with E-state index in [0.29, 0.717) is 12.0 Å². The minimum Gasteiger partial charge on any atom is -0.484 e. The van der Waals surface area contributed by atoms with E-state index in [0.717, 1.165) is 8.95 Å². The molecular weight excluding hydrogens is 290 g/mol. The fourth-order valence-corrected chi connectivity index (χ4v) is 1.81. The van der Waals surface area contributed by atoms with Gasteiger partial charge in [-0.05, 0) is 31.9 Å². The van der Waals surface area contributed by atoms with E-state index in [-0.39, 0.29) is 6.61 Å². The maximum atomic E-state index is 10.0. The molecule has 3 nitrogen and oxygen atoms in total. The van der Waals surface area contributed by atoms with Crippen molar-refractivity contribution < 1.29 is 9.53 Å². The van der Waals surface area contributed by atoms with Crippen LogP contribution in [0.2, 0.25) is 0 Å². The van der Waals surface area contributed by atoms with Gasteiger partial charge >= 0.3 is 0 Å². The number of halogens is 2. The number of pyridine rings is 1. The zero-order chi connectivity index (χ0) is 8.97. The van der Waals surface area contributed by atoms with Gasteiger partial charge in [-0.15, -0.1) is 0 Å². The molecule has 0 spiro atoms. The van der Waals surface area contributed by atoms with Crippen LogP contribution < -0.4 is 4.74 Å². The molecule has 1 rings (SSSR count). The van der Waals surface area contributed by atoms with Crippen LogP contribution in [0.15, 0.2) is 21.3 Å². The van der Waals surface area contributed by atoms with Crippen LogP contribution in [-0.2, 0) is 4.79 Å². The lowest BCUT2D eigenvalue weighted by Gasteiger charge is -2.05. The van der Waals surface area contributed by atoms with Crippen molar-refractivity contribution in [1.82, 2.24) is 4.98 Å². The quantitative estimate of drug-likeness (QED) is 0.802. The average molecular weight is 295 g/mol. The molecule has 0 aliphatic rings. The first kappa shape index (κ1) is 9.67. The molecule has 0 aliphatic carbocycles. The van der Waals surface area contributed by atoms with Gasteiger partial charge in [0.05, 0.1) is 8.95 Å². The largest absolute Gasteiger partial charge is 0.484 e. The Hall–Kier alpha value is -0.420. The Morgan fingerprint density at radius 2 is 2.00 bits per heavy atom. The minimum atomic E-state index is 0.0429. The highest BCUT2D eigenvalue weighted by molar-refractivity contribution is 9.11. The molecule has 0 saturated carbocycles. The molecular formula is C7H5Br2NO2. The van der Waals surface area contributed by atoms with Crippen molar-refractivity contribution in [2.24, 2.45) is 0 Å². The second-order valence-electron chi connectivity index (χ2n) is 1.91. The van der Waals surface area contributed by atoms with Crippen LogP contribution in [0.5, 0.6) is 5.75 Å². The van der Waals surface area contributed by atoms with Crippen molar-refractivity contribution in [2.45, 2.75) is 0 Å². The number of carbonyl (C=O) groups excluding carboxylic acids is 1. The number of aldehydes is 1. The third-order valence-corrected chi connectivity index (χ3v) is 2.24. The maximum absolute atomic E-state index is 10.0. The van der Waals surface area contributed by atoms with Gasteiger partial charge in [-0.2, -0.15) is 0 Å². The molecule has 0 amide bonds. The fourth-order valence-electron chi connectivity index (χ4n) is 0.655.